The molecule has 2 N–H and O–H groups in total. The summed E-state index contributed by atoms with van der Waals surface area (Å²) >= 11 is 0. The van der Waals surface area contributed by atoms with E-state index < -0.39 is 11.9 Å². The third kappa shape index (κ3) is 4.12. The van der Waals surface area contributed by atoms with Gasteiger partial charge in [-0.3, -0.25) is 4.79 Å². The molecule has 34 heavy (non-hydrogen) atoms. The molecule has 4 heteroatoms. The summed E-state index contributed by atoms with van der Waals surface area (Å²) in [6, 6.07) is 26.4. The molecule has 0 bridgehead atoms. The number of aliphatic carboxylic acids is 1. The van der Waals surface area contributed by atoms with E-state index in [0.29, 0.717) is 18.7 Å². The number of rotatable bonds is 6. The molecule has 0 spiro atoms. The molecule has 0 amide bonds. The summed E-state index contributed by atoms with van der Waals surface area (Å²) in [6.45, 7) is 4.62. The Labute approximate surface area is 201 Å². The molecule has 3 unspecified atom stereocenters. The molecule has 0 aromatic heterocycles. The molecule has 1 heterocycles. The van der Waals surface area contributed by atoms with Crippen molar-refractivity contribution in [2.75, 3.05) is 19.6 Å². The quantitative estimate of drug-likeness (QED) is 0.544. The second-order valence-electron chi connectivity index (χ2n) is 10.5. The van der Waals surface area contributed by atoms with Crippen LogP contribution < -0.4 is 0 Å². The molecule has 0 saturated carbocycles. The molecule has 3 aromatic carbocycles. The Kier molecular flexibility index (Phi) is 5.95. The normalized spacial score (nSPS) is 25.2. The number of phenolic OH excluding ortho intramolecular Hbond substituents is 1. The molecular weight excluding hydrogens is 422 g/mol. The number of aromatic hydroxyl groups is 1. The van der Waals surface area contributed by atoms with E-state index in [1.165, 1.54) is 16.7 Å². The summed E-state index contributed by atoms with van der Waals surface area (Å²) in [5.74, 6) is -0.854. The van der Waals surface area contributed by atoms with Crippen LogP contribution in [0.2, 0.25) is 0 Å². The average Bonchev–Trinajstić information content (AvgIpc) is 2.82. The van der Waals surface area contributed by atoms with E-state index >= 15 is 0 Å². The highest BCUT2D eigenvalue weighted by Gasteiger charge is 2.55. The molecule has 4 nitrogen and oxygen atoms in total. The minimum Gasteiger partial charge on any atom is -0.508 e. The van der Waals surface area contributed by atoms with Crippen LogP contribution in [0.4, 0.5) is 0 Å². The number of carboxylic acids is 1. The molecule has 5 rings (SSSR count). The summed E-state index contributed by atoms with van der Waals surface area (Å²) in [4.78, 5) is 14.5. The number of hydrogen-bond donors (Lipinski definition) is 2. The van der Waals surface area contributed by atoms with E-state index in [4.69, 9.17) is 0 Å². The van der Waals surface area contributed by atoms with Crippen molar-refractivity contribution in [1.82, 2.24) is 4.90 Å². The lowest BCUT2D eigenvalue weighted by molar-refractivity contribution is -0.143. The number of carboxylic acid groups (broad SMARTS) is 1. The number of benzene rings is 3. The predicted octanol–water partition coefficient (Wildman–Crippen LogP) is 5.08. The molecule has 0 radical (unpaired) electrons. The predicted molar refractivity (Wildman–Crippen MR) is 134 cm³/mol. The van der Waals surface area contributed by atoms with Crippen LogP contribution in [-0.2, 0) is 29.5 Å². The fraction of sp³-hybridized carbons (Fsp3) is 0.367. The van der Waals surface area contributed by atoms with Crippen LogP contribution in [0.5, 0.6) is 5.75 Å². The van der Waals surface area contributed by atoms with Gasteiger partial charge < -0.3 is 15.1 Å². The van der Waals surface area contributed by atoms with Crippen LogP contribution in [0.3, 0.4) is 0 Å². The first-order chi connectivity index (χ1) is 16.4. The Morgan fingerprint density at radius 3 is 2.38 bits per heavy atom. The van der Waals surface area contributed by atoms with Gasteiger partial charge in [0.15, 0.2) is 0 Å². The van der Waals surface area contributed by atoms with Crippen molar-refractivity contribution >= 4 is 5.97 Å². The first-order valence-electron chi connectivity index (χ1n) is 12.2. The van der Waals surface area contributed by atoms with Gasteiger partial charge in [-0.1, -0.05) is 73.7 Å². The highest BCUT2D eigenvalue weighted by atomic mass is 16.4. The standard InChI is InChI=1S/C30H33NO3/c1-29-18-23-10-5-6-11-24(23)19-30(29,26-12-7-13-27(32)17-26)14-15-31(21-29)20-25(28(33)34)16-22-8-3-2-4-9-22/h2-13,17,25,32H,14-16,18-21H2,1H3,(H,33,34). The molecule has 3 aromatic rings. The van der Waals surface area contributed by atoms with Gasteiger partial charge in [-0.15, -0.1) is 0 Å². The van der Waals surface area contributed by atoms with Gasteiger partial charge in [0.25, 0.3) is 0 Å². The second-order valence-corrected chi connectivity index (χ2v) is 10.5. The van der Waals surface area contributed by atoms with Crippen molar-refractivity contribution in [1.29, 1.82) is 0 Å². The zero-order valence-electron chi connectivity index (χ0n) is 19.8. The fourth-order valence-electron chi connectivity index (χ4n) is 6.54. The summed E-state index contributed by atoms with van der Waals surface area (Å²) < 4.78 is 0. The van der Waals surface area contributed by atoms with Crippen molar-refractivity contribution in [3.63, 3.8) is 0 Å². The van der Waals surface area contributed by atoms with E-state index in [1.807, 2.05) is 42.5 Å². The lowest BCUT2D eigenvalue weighted by Gasteiger charge is -2.58. The zero-order chi connectivity index (χ0) is 23.8. The number of carbonyl (C=O) groups is 1. The maximum Gasteiger partial charge on any atom is 0.308 e. The lowest BCUT2D eigenvalue weighted by Crippen LogP contribution is -2.61. The maximum absolute atomic E-state index is 12.2. The zero-order valence-corrected chi connectivity index (χ0v) is 19.8. The van der Waals surface area contributed by atoms with Gasteiger partial charge in [0, 0.05) is 18.5 Å². The van der Waals surface area contributed by atoms with Gasteiger partial charge in [0.1, 0.15) is 5.75 Å². The van der Waals surface area contributed by atoms with Crippen molar-refractivity contribution in [2.24, 2.45) is 11.3 Å². The summed E-state index contributed by atoms with van der Waals surface area (Å²) in [6.07, 6.45) is 3.39. The van der Waals surface area contributed by atoms with Gasteiger partial charge in [-0.25, -0.2) is 0 Å². The monoisotopic (exact) mass is 455 g/mol. The number of piperidine rings is 1. The van der Waals surface area contributed by atoms with E-state index in [-0.39, 0.29) is 10.8 Å². The number of hydrogen-bond acceptors (Lipinski definition) is 3. The molecular formula is C30H33NO3. The van der Waals surface area contributed by atoms with Gasteiger partial charge in [-0.05, 0) is 72.0 Å². The van der Waals surface area contributed by atoms with E-state index in [0.717, 1.165) is 37.9 Å². The molecule has 3 atom stereocenters. The number of phenols is 1. The summed E-state index contributed by atoms with van der Waals surface area (Å²) in [5, 5.41) is 20.3. The molecule has 176 valence electrons. The van der Waals surface area contributed by atoms with Crippen LogP contribution >= 0.6 is 0 Å². The number of fused-ring (bicyclic) bond motifs is 2. The smallest absolute Gasteiger partial charge is 0.308 e. The number of nitrogens with zero attached hydrogens (tertiary/aromatic N) is 1. The van der Waals surface area contributed by atoms with Crippen LogP contribution in [-0.4, -0.2) is 40.7 Å². The van der Waals surface area contributed by atoms with E-state index in [1.54, 1.807) is 6.07 Å². The van der Waals surface area contributed by atoms with Crippen LogP contribution in [0.1, 0.15) is 35.6 Å². The van der Waals surface area contributed by atoms with Crippen molar-refractivity contribution in [3.05, 3.63) is 101 Å². The first kappa shape index (κ1) is 22.7. The third-order valence-corrected chi connectivity index (χ3v) is 8.33. The van der Waals surface area contributed by atoms with Gasteiger partial charge in [0.2, 0.25) is 0 Å². The minimum absolute atomic E-state index is 0.0663. The largest absolute Gasteiger partial charge is 0.508 e. The molecule has 1 aliphatic carbocycles. The second kappa shape index (κ2) is 8.92. The Hall–Kier alpha value is -3.11. The fourth-order valence-corrected chi connectivity index (χ4v) is 6.54. The molecule has 1 fully saturated rings. The lowest BCUT2D eigenvalue weighted by atomic mass is 9.50. The van der Waals surface area contributed by atoms with Crippen molar-refractivity contribution < 1.29 is 15.0 Å². The van der Waals surface area contributed by atoms with E-state index in [9.17, 15) is 15.0 Å². The SMILES string of the molecule is CC12Cc3ccccc3CC1(c1cccc(O)c1)CCN(CC(Cc1ccccc1)C(=O)O)C2. The summed E-state index contributed by atoms with van der Waals surface area (Å²) in [5.41, 5.74) is 4.89. The Morgan fingerprint density at radius 1 is 0.971 bits per heavy atom. The Balaban J connectivity index is 1.45. The molecule has 2 aliphatic rings. The van der Waals surface area contributed by atoms with Crippen molar-refractivity contribution in [2.45, 2.75) is 38.0 Å². The summed E-state index contributed by atoms with van der Waals surface area (Å²) in [7, 11) is 0. The minimum atomic E-state index is -0.729. The van der Waals surface area contributed by atoms with E-state index in [2.05, 4.69) is 42.2 Å². The highest BCUT2D eigenvalue weighted by molar-refractivity contribution is 5.70. The highest BCUT2D eigenvalue weighted by Crippen LogP contribution is 2.55. The van der Waals surface area contributed by atoms with Gasteiger partial charge >= 0.3 is 5.97 Å². The van der Waals surface area contributed by atoms with Gasteiger partial charge in [0.05, 0.1) is 5.92 Å². The van der Waals surface area contributed by atoms with Gasteiger partial charge in [-0.2, -0.15) is 0 Å². The third-order valence-electron chi connectivity index (χ3n) is 8.33. The van der Waals surface area contributed by atoms with Crippen molar-refractivity contribution in [3.8, 4) is 5.75 Å². The molecule has 1 aliphatic heterocycles. The Morgan fingerprint density at radius 2 is 1.68 bits per heavy atom. The number of likely N-dealkylation sites (tertiary alicyclic amines) is 1. The first-order valence-corrected chi connectivity index (χ1v) is 12.2. The average molecular weight is 456 g/mol. The van der Waals surface area contributed by atoms with Crippen LogP contribution in [0, 0.1) is 11.3 Å². The maximum atomic E-state index is 12.2. The topological polar surface area (TPSA) is 60.8 Å². The Bertz CT molecular complexity index is 1180. The van der Waals surface area contributed by atoms with Crippen LogP contribution in [0.25, 0.3) is 0 Å². The molecule has 1 saturated heterocycles. The van der Waals surface area contributed by atoms with Crippen LogP contribution in [0.15, 0.2) is 78.9 Å².